The molecule has 3 heteroatoms. The first-order valence-electron chi connectivity index (χ1n) is 10.6. The van der Waals surface area contributed by atoms with E-state index in [-0.39, 0.29) is 5.41 Å². The second-order valence-electron chi connectivity index (χ2n) is 8.57. The molecule has 0 fully saturated rings. The van der Waals surface area contributed by atoms with Gasteiger partial charge in [0.25, 0.3) is 0 Å². The molecule has 0 N–H and O–H groups in total. The van der Waals surface area contributed by atoms with Crippen LogP contribution in [-0.2, 0) is 5.41 Å². The van der Waals surface area contributed by atoms with E-state index in [0.717, 1.165) is 28.2 Å². The van der Waals surface area contributed by atoms with Gasteiger partial charge in [0.1, 0.15) is 0 Å². The summed E-state index contributed by atoms with van der Waals surface area (Å²) in [4.78, 5) is 2.30. The normalized spacial score (nSPS) is 13.4. The maximum Gasteiger partial charge on any atom is 0.0992 e. The number of anilines is 3. The number of nitriles is 2. The van der Waals surface area contributed by atoms with Gasteiger partial charge in [0.15, 0.2) is 0 Å². The zero-order chi connectivity index (χ0) is 22.3. The van der Waals surface area contributed by atoms with Gasteiger partial charge in [0.05, 0.1) is 34.6 Å². The Labute approximate surface area is 188 Å². The summed E-state index contributed by atoms with van der Waals surface area (Å²) in [6.45, 7) is 4.55. The van der Waals surface area contributed by atoms with Crippen LogP contribution in [0.5, 0.6) is 0 Å². The first-order chi connectivity index (χ1) is 15.5. The van der Waals surface area contributed by atoms with Crippen molar-refractivity contribution in [2.75, 3.05) is 4.90 Å². The minimum Gasteiger partial charge on any atom is -0.310 e. The Balaban J connectivity index is 1.72. The monoisotopic (exact) mass is 411 g/mol. The van der Waals surface area contributed by atoms with E-state index in [9.17, 15) is 10.5 Å². The molecule has 0 aliphatic carbocycles. The van der Waals surface area contributed by atoms with E-state index < -0.39 is 0 Å². The van der Waals surface area contributed by atoms with Gasteiger partial charge in [0.2, 0.25) is 0 Å². The fraction of sp³-hybridized carbons (Fsp3) is 0.103. The Morgan fingerprint density at radius 1 is 0.625 bits per heavy atom. The quantitative estimate of drug-likeness (QED) is 0.350. The number of nitrogens with zero attached hydrogens (tertiary/aromatic N) is 3. The number of fused-ring (bicyclic) bond motifs is 2. The van der Waals surface area contributed by atoms with Gasteiger partial charge in [0, 0.05) is 11.1 Å². The highest BCUT2D eigenvalue weighted by Gasteiger charge is 2.36. The number of benzene rings is 4. The average molecular weight is 412 g/mol. The molecule has 3 nitrogen and oxygen atoms in total. The molecule has 1 aliphatic rings. The molecule has 4 aromatic rings. The van der Waals surface area contributed by atoms with Crippen LogP contribution in [0.25, 0.3) is 11.1 Å². The van der Waals surface area contributed by atoms with Gasteiger partial charge in [-0.25, -0.2) is 0 Å². The van der Waals surface area contributed by atoms with Gasteiger partial charge < -0.3 is 4.90 Å². The molecular formula is C29H21N3. The van der Waals surface area contributed by atoms with Crippen molar-refractivity contribution in [1.29, 1.82) is 10.5 Å². The predicted molar refractivity (Wildman–Crippen MR) is 128 cm³/mol. The van der Waals surface area contributed by atoms with Crippen LogP contribution in [0.1, 0.15) is 36.1 Å². The summed E-state index contributed by atoms with van der Waals surface area (Å²) in [7, 11) is 0. The van der Waals surface area contributed by atoms with E-state index in [1.807, 2.05) is 24.3 Å². The van der Waals surface area contributed by atoms with E-state index in [1.54, 1.807) is 6.07 Å². The second-order valence-corrected chi connectivity index (χ2v) is 8.57. The lowest BCUT2D eigenvalue weighted by Crippen LogP contribution is -2.30. The molecule has 0 spiro atoms. The Kier molecular flexibility index (Phi) is 4.54. The van der Waals surface area contributed by atoms with Gasteiger partial charge >= 0.3 is 0 Å². The van der Waals surface area contributed by atoms with Gasteiger partial charge in [-0.05, 0) is 64.7 Å². The van der Waals surface area contributed by atoms with E-state index in [4.69, 9.17) is 0 Å². The van der Waals surface area contributed by atoms with Crippen LogP contribution in [0.3, 0.4) is 0 Å². The lowest BCUT2D eigenvalue weighted by molar-refractivity contribution is 0.632. The fourth-order valence-corrected chi connectivity index (χ4v) is 4.70. The Morgan fingerprint density at radius 3 is 1.75 bits per heavy atom. The van der Waals surface area contributed by atoms with Crippen molar-refractivity contribution in [3.8, 4) is 23.3 Å². The van der Waals surface area contributed by atoms with E-state index in [0.29, 0.717) is 11.1 Å². The zero-order valence-corrected chi connectivity index (χ0v) is 18.0. The molecular weight excluding hydrogens is 390 g/mol. The third-order valence-electron chi connectivity index (χ3n) is 6.27. The molecule has 152 valence electrons. The van der Waals surface area contributed by atoms with Crippen LogP contribution in [0.4, 0.5) is 17.1 Å². The molecule has 4 aromatic carbocycles. The number of para-hydroxylation sites is 2. The van der Waals surface area contributed by atoms with Crippen LogP contribution in [0.15, 0.2) is 91.0 Å². The van der Waals surface area contributed by atoms with Crippen molar-refractivity contribution in [2.24, 2.45) is 0 Å². The summed E-state index contributed by atoms with van der Waals surface area (Å²) in [6.07, 6.45) is 0. The van der Waals surface area contributed by atoms with Gasteiger partial charge in [-0.15, -0.1) is 0 Å². The predicted octanol–water partition coefficient (Wildman–Crippen LogP) is 7.21. The van der Waals surface area contributed by atoms with Crippen molar-refractivity contribution in [3.05, 3.63) is 113 Å². The highest BCUT2D eigenvalue weighted by Crippen LogP contribution is 2.51. The topological polar surface area (TPSA) is 50.8 Å². The largest absolute Gasteiger partial charge is 0.310 e. The van der Waals surface area contributed by atoms with E-state index in [2.05, 4.69) is 91.5 Å². The standard InChI is InChI=1S/C29H21N3/c1-29(2)25-10-3-5-12-27(25)32(28-13-6-4-11-26(28)29)24-9-7-8-22(17-24)23-15-20(18-30)14-21(16-23)19-31/h3-17H,1-2H3. The highest BCUT2D eigenvalue weighted by molar-refractivity contribution is 5.87. The highest BCUT2D eigenvalue weighted by atomic mass is 15.2. The van der Waals surface area contributed by atoms with Crippen LogP contribution >= 0.6 is 0 Å². The van der Waals surface area contributed by atoms with Crippen LogP contribution in [0.2, 0.25) is 0 Å². The van der Waals surface area contributed by atoms with Gasteiger partial charge in [-0.2, -0.15) is 10.5 Å². The maximum atomic E-state index is 9.39. The van der Waals surface area contributed by atoms with E-state index >= 15 is 0 Å². The summed E-state index contributed by atoms with van der Waals surface area (Å²) in [5.41, 5.74) is 8.62. The Morgan fingerprint density at radius 2 is 1.19 bits per heavy atom. The Bertz CT molecular complexity index is 1350. The third-order valence-corrected chi connectivity index (χ3v) is 6.27. The third kappa shape index (κ3) is 3.04. The smallest absolute Gasteiger partial charge is 0.0992 e. The summed E-state index contributed by atoms with van der Waals surface area (Å²) < 4.78 is 0. The molecule has 0 saturated carbocycles. The molecule has 0 radical (unpaired) electrons. The molecule has 0 aromatic heterocycles. The summed E-state index contributed by atoms with van der Waals surface area (Å²) >= 11 is 0. The fourth-order valence-electron chi connectivity index (χ4n) is 4.70. The first kappa shape index (κ1) is 19.6. The van der Waals surface area contributed by atoms with Crippen LogP contribution in [0, 0.1) is 22.7 Å². The van der Waals surface area contributed by atoms with Gasteiger partial charge in [-0.3, -0.25) is 0 Å². The molecule has 0 amide bonds. The second kappa shape index (κ2) is 7.41. The van der Waals surface area contributed by atoms with Crippen molar-refractivity contribution >= 4 is 17.1 Å². The molecule has 0 unspecified atom stereocenters. The zero-order valence-electron chi connectivity index (χ0n) is 18.0. The maximum absolute atomic E-state index is 9.39. The Hall–Kier alpha value is -4.34. The lowest BCUT2D eigenvalue weighted by atomic mass is 9.73. The van der Waals surface area contributed by atoms with Gasteiger partial charge in [-0.1, -0.05) is 62.4 Å². The number of hydrogen-bond acceptors (Lipinski definition) is 3. The lowest BCUT2D eigenvalue weighted by Gasteiger charge is -2.42. The van der Waals surface area contributed by atoms with Crippen molar-refractivity contribution < 1.29 is 0 Å². The van der Waals surface area contributed by atoms with Crippen LogP contribution < -0.4 is 4.90 Å². The van der Waals surface area contributed by atoms with Crippen molar-refractivity contribution in [2.45, 2.75) is 19.3 Å². The summed E-state index contributed by atoms with van der Waals surface area (Å²) in [6, 6.07) is 35.0. The number of rotatable bonds is 2. The van der Waals surface area contributed by atoms with Crippen molar-refractivity contribution in [1.82, 2.24) is 0 Å². The minimum absolute atomic E-state index is 0.107. The molecule has 32 heavy (non-hydrogen) atoms. The molecule has 1 aliphatic heterocycles. The molecule has 0 atom stereocenters. The van der Waals surface area contributed by atoms with Crippen LogP contribution in [-0.4, -0.2) is 0 Å². The SMILES string of the molecule is CC1(C)c2ccccc2N(c2cccc(-c3cc(C#N)cc(C#N)c3)c2)c2ccccc21. The van der Waals surface area contributed by atoms with Crippen molar-refractivity contribution in [3.63, 3.8) is 0 Å². The molecule has 5 rings (SSSR count). The molecule has 0 saturated heterocycles. The van der Waals surface area contributed by atoms with E-state index in [1.165, 1.54) is 11.1 Å². The minimum atomic E-state index is -0.107. The summed E-state index contributed by atoms with van der Waals surface area (Å²) in [5, 5.41) is 18.8. The molecule has 0 bridgehead atoms. The molecule has 1 heterocycles. The average Bonchev–Trinajstić information content (AvgIpc) is 2.84. The number of hydrogen-bond donors (Lipinski definition) is 0. The first-order valence-corrected chi connectivity index (χ1v) is 10.6. The summed E-state index contributed by atoms with van der Waals surface area (Å²) in [5.74, 6) is 0.